The van der Waals surface area contributed by atoms with Crippen LogP contribution in [-0.4, -0.2) is 0 Å². The van der Waals surface area contributed by atoms with E-state index in [-0.39, 0.29) is 51.1 Å². The van der Waals surface area contributed by atoms with E-state index in [2.05, 4.69) is 56.3 Å². The number of furan rings is 1. The van der Waals surface area contributed by atoms with Crippen molar-refractivity contribution in [2.75, 3.05) is 0 Å². The lowest BCUT2D eigenvalue weighted by atomic mass is 9.78. The predicted octanol–water partition coefficient (Wildman–Crippen LogP) is 14.4. The van der Waals surface area contributed by atoms with Gasteiger partial charge in [0.25, 0.3) is 0 Å². The van der Waals surface area contributed by atoms with Gasteiger partial charge in [0.15, 0.2) is 0 Å². The first kappa shape index (κ1) is 22.4. The Morgan fingerprint density at radius 2 is 1.06 bits per heavy atom. The molecule has 0 bridgehead atoms. The lowest BCUT2D eigenvalue weighted by molar-refractivity contribution is 0.662. The van der Waals surface area contributed by atoms with Crippen LogP contribution in [0.15, 0.2) is 174 Å². The molecular formula is C51H34O. The van der Waals surface area contributed by atoms with Crippen molar-refractivity contribution in [3.63, 3.8) is 0 Å². The first-order valence-electron chi connectivity index (χ1n) is 21.5. The van der Waals surface area contributed by atoms with Gasteiger partial charge in [-0.25, -0.2) is 0 Å². The predicted molar refractivity (Wildman–Crippen MR) is 220 cm³/mol. The van der Waals surface area contributed by atoms with Crippen LogP contribution in [0.5, 0.6) is 0 Å². The van der Waals surface area contributed by atoms with Gasteiger partial charge in [0.2, 0.25) is 0 Å². The average Bonchev–Trinajstić information content (AvgIpc) is 3.77. The molecule has 0 fully saturated rings. The molecule has 0 spiro atoms. The average molecular weight is 671 g/mol. The molecule has 0 aliphatic heterocycles. The molecule has 0 radical (unpaired) electrons. The van der Waals surface area contributed by atoms with E-state index in [0.29, 0.717) is 33.4 Å². The summed E-state index contributed by atoms with van der Waals surface area (Å²) < 4.78 is 79.6. The van der Waals surface area contributed by atoms with Gasteiger partial charge in [0.05, 0.1) is 11.0 Å². The summed E-state index contributed by atoms with van der Waals surface area (Å²) in [4.78, 5) is 0. The van der Waals surface area contributed by atoms with Crippen molar-refractivity contribution in [3.8, 4) is 44.5 Å². The van der Waals surface area contributed by atoms with Gasteiger partial charge >= 0.3 is 0 Å². The van der Waals surface area contributed by atoms with E-state index in [1.807, 2.05) is 72.8 Å². The Labute approximate surface area is 313 Å². The SMILES string of the molecule is [2H]c1c([2H])c([2H])c2c(-c3ccc4oc5c6ccccc6ccc5c4c3)c3c([2H])c([2H])c([2H])c([2H])c3c(-c3ccc(-c4cccc5c4C(C)(C)c4ccccc4-5)cc3)c2c1[2H]. The van der Waals surface area contributed by atoms with Gasteiger partial charge in [-0.2, -0.15) is 0 Å². The highest BCUT2D eigenvalue weighted by Gasteiger charge is 2.37. The molecule has 0 atom stereocenters. The molecular weight excluding hydrogens is 629 g/mol. The smallest absolute Gasteiger partial charge is 0.143 e. The summed E-state index contributed by atoms with van der Waals surface area (Å²) >= 11 is 0. The number of rotatable bonds is 3. The standard InChI is InChI=1S/C51H34O/c1-51(2)45-21-10-9-14-37(45)42-20-11-19-35(49(42)51)32-22-24-33(25-23-32)47-38-15-5-7-17-40(38)48(41-18-8-6-16-39(41)47)34-27-29-46-44(30-34)43-28-26-31-12-3-4-13-36(31)50(43)52-46/h3-30H,1-2H3/i5D,6D,7D,8D,15D,16D,17D,18D. The number of benzene rings is 9. The summed E-state index contributed by atoms with van der Waals surface area (Å²) in [6, 6.07) is 37.2. The number of hydrogen-bond acceptors (Lipinski definition) is 1. The van der Waals surface area contributed by atoms with Gasteiger partial charge in [-0.15, -0.1) is 0 Å². The Hall–Kier alpha value is -6.44. The van der Waals surface area contributed by atoms with E-state index in [1.54, 1.807) is 6.07 Å². The zero-order valence-electron chi connectivity index (χ0n) is 36.5. The maximum atomic E-state index is 9.43. The summed E-state index contributed by atoms with van der Waals surface area (Å²) in [5.41, 5.74) is 9.72. The van der Waals surface area contributed by atoms with E-state index in [4.69, 9.17) is 9.90 Å². The molecule has 0 unspecified atom stereocenters. The molecule has 52 heavy (non-hydrogen) atoms. The van der Waals surface area contributed by atoms with Crippen LogP contribution < -0.4 is 0 Å². The maximum absolute atomic E-state index is 9.43. The highest BCUT2D eigenvalue weighted by Crippen LogP contribution is 2.52. The first-order chi connectivity index (χ1) is 28.9. The Kier molecular flexibility index (Phi) is 4.64. The third-order valence-corrected chi connectivity index (χ3v) is 11.1. The van der Waals surface area contributed by atoms with Gasteiger partial charge in [-0.3, -0.25) is 0 Å². The second-order valence-electron chi connectivity index (χ2n) is 14.2. The highest BCUT2D eigenvalue weighted by molar-refractivity contribution is 6.23. The zero-order valence-corrected chi connectivity index (χ0v) is 28.5. The summed E-state index contributed by atoms with van der Waals surface area (Å²) in [7, 11) is 0. The van der Waals surface area contributed by atoms with Gasteiger partial charge in [0, 0.05) is 21.6 Å². The highest BCUT2D eigenvalue weighted by atomic mass is 16.3. The normalized spacial score (nSPS) is 15.5. The molecule has 1 aromatic heterocycles. The minimum atomic E-state index is -0.432. The molecule has 244 valence electrons. The molecule has 1 heteroatoms. The van der Waals surface area contributed by atoms with Crippen LogP contribution in [0, 0.1) is 0 Å². The van der Waals surface area contributed by atoms with E-state index < -0.39 is 24.2 Å². The quantitative estimate of drug-likeness (QED) is 0.171. The van der Waals surface area contributed by atoms with Crippen LogP contribution in [0.3, 0.4) is 0 Å². The maximum Gasteiger partial charge on any atom is 0.143 e. The fourth-order valence-electron chi connectivity index (χ4n) is 8.77. The minimum Gasteiger partial charge on any atom is -0.455 e. The second-order valence-corrected chi connectivity index (χ2v) is 14.2. The molecule has 0 saturated heterocycles. The van der Waals surface area contributed by atoms with Gasteiger partial charge in [-0.05, 0) is 101 Å². The van der Waals surface area contributed by atoms with Crippen molar-refractivity contribution >= 4 is 54.3 Å². The molecule has 1 heterocycles. The van der Waals surface area contributed by atoms with Gasteiger partial charge in [0.1, 0.15) is 11.2 Å². The fraction of sp³-hybridized carbons (Fsp3) is 0.0588. The zero-order chi connectivity index (χ0) is 41.5. The van der Waals surface area contributed by atoms with Gasteiger partial charge in [-0.1, -0.05) is 165 Å². The van der Waals surface area contributed by atoms with Crippen LogP contribution in [0.1, 0.15) is 35.9 Å². The summed E-state index contributed by atoms with van der Waals surface area (Å²) in [5, 5.41) is 4.33. The lowest BCUT2D eigenvalue weighted by Gasteiger charge is -2.24. The Bertz CT molecular complexity index is 3470. The van der Waals surface area contributed by atoms with Crippen molar-refractivity contribution in [1.82, 2.24) is 0 Å². The van der Waals surface area contributed by atoms with Crippen LogP contribution in [0.25, 0.3) is 98.8 Å². The molecule has 1 nitrogen and oxygen atoms in total. The van der Waals surface area contributed by atoms with E-state index in [1.165, 1.54) is 22.3 Å². The third kappa shape index (κ3) is 4.05. The Morgan fingerprint density at radius 3 is 1.81 bits per heavy atom. The minimum absolute atomic E-state index is 0.176. The second kappa shape index (κ2) is 10.8. The molecule has 9 aromatic carbocycles. The van der Waals surface area contributed by atoms with Gasteiger partial charge < -0.3 is 4.42 Å². The van der Waals surface area contributed by atoms with Crippen molar-refractivity contribution < 1.29 is 15.4 Å². The summed E-state index contributed by atoms with van der Waals surface area (Å²) in [6.45, 7) is 4.48. The van der Waals surface area contributed by atoms with Crippen molar-refractivity contribution in [2.45, 2.75) is 19.3 Å². The van der Waals surface area contributed by atoms with Crippen molar-refractivity contribution in [2.24, 2.45) is 0 Å². The Morgan fingerprint density at radius 1 is 0.462 bits per heavy atom. The van der Waals surface area contributed by atoms with Crippen LogP contribution in [0.4, 0.5) is 0 Å². The summed E-state index contributed by atoms with van der Waals surface area (Å²) in [5.74, 6) is 0. The van der Waals surface area contributed by atoms with E-state index in [0.717, 1.165) is 32.7 Å². The third-order valence-electron chi connectivity index (χ3n) is 11.1. The summed E-state index contributed by atoms with van der Waals surface area (Å²) in [6.07, 6.45) is 0. The molecule has 11 rings (SSSR count). The molecule has 1 aliphatic carbocycles. The van der Waals surface area contributed by atoms with Crippen LogP contribution in [0.2, 0.25) is 0 Å². The molecule has 0 saturated carbocycles. The monoisotopic (exact) mass is 670 g/mol. The number of hydrogen-bond donors (Lipinski definition) is 0. The lowest BCUT2D eigenvalue weighted by Crippen LogP contribution is -2.16. The number of fused-ring (bicyclic) bond motifs is 10. The van der Waals surface area contributed by atoms with Crippen molar-refractivity contribution in [1.29, 1.82) is 0 Å². The van der Waals surface area contributed by atoms with Crippen LogP contribution >= 0.6 is 0 Å². The van der Waals surface area contributed by atoms with Crippen LogP contribution in [-0.2, 0) is 5.41 Å². The first-order valence-corrected chi connectivity index (χ1v) is 17.5. The topological polar surface area (TPSA) is 13.1 Å². The fourth-order valence-corrected chi connectivity index (χ4v) is 8.77. The molecule has 0 N–H and O–H groups in total. The van der Waals surface area contributed by atoms with E-state index in [9.17, 15) is 5.48 Å². The van der Waals surface area contributed by atoms with Crippen molar-refractivity contribution in [3.05, 3.63) is 181 Å². The largest absolute Gasteiger partial charge is 0.455 e. The molecule has 1 aliphatic rings. The molecule has 0 amide bonds. The molecule has 10 aromatic rings. The van der Waals surface area contributed by atoms with E-state index >= 15 is 0 Å². The Balaban J connectivity index is 1.21.